The van der Waals surface area contributed by atoms with Gasteiger partial charge in [0.25, 0.3) is 11.8 Å². The molecular weight excluding hydrogens is 497 g/mol. The zero-order chi connectivity index (χ0) is 26.7. The van der Waals surface area contributed by atoms with Crippen molar-refractivity contribution in [2.45, 2.75) is 50.9 Å². The number of alkyl halides is 3. The van der Waals surface area contributed by atoms with Crippen molar-refractivity contribution in [1.82, 2.24) is 25.0 Å². The molecule has 2 fully saturated rings. The molecule has 2 saturated heterocycles. The van der Waals surface area contributed by atoms with Crippen LogP contribution in [0.25, 0.3) is 11.5 Å². The Hall–Kier alpha value is -3.31. The summed E-state index contributed by atoms with van der Waals surface area (Å²) >= 11 is 0. The average Bonchev–Trinajstić information content (AvgIpc) is 3.42. The second kappa shape index (κ2) is 11.2. The minimum atomic E-state index is -2.86. The van der Waals surface area contributed by atoms with Crippen LogP contribution in [-0.4, -0.2) is 75.3 Å². The summed E-state index contributed by atoms with van der Waals surface area (Å²) in [6, 6.07) is 12.5. The Kier molecular flexibility index (Phi) is 7.75. The molecule has 8 nitrogen and oxygen atoms in total. The summed E-state index contributed by atoms with van der Waals surface area (Å²) in [5.74, 6) is -1.43. The molecule has 2 aliphatic rings. The van der Waals surface area contributed by atoms with Crippen LogP contribution in [0.5, 0.6) is 0 Å². The summed E-state index contributed by atoms with van der Waals surface area (Å²) in [6.07, 6.45) is 1.65. The van der Waals surface area contributed by atoms with Gasteiger partial charge < -0.3 is 14.2 Å². The van der Waals surface area contributed by atoms with E-state index in [-0.39, 0.29) is 25.5 Å². The van der Waals surface area contributed by atoms with Gasteiger partial charge in [-0.05, 0) is 63.2 Å². The summed E-state index contributed by atoms with van der Waals surface area (Å²) in [5, 5.41) is 6.95. The number of hydrogen-bond donors (Lipinski definition) is 0. The number of amides is 1. The quantitative estimate of drug-likeness (QED) is 0.405. The van der Waals surface area contributed by atoms with Crippen LogP contribution in [0.2, 0.25) is 0 Å². The minimum Gasteiger partial charge on any atom is -0.415 e. The molecule has 0 bridgehead atoms. The predicted octanol–water partition coefficient (Wildman–Crippen LogP) is 4.50. The highest BCUT2D eigenvalue weighted by molar-refractivity contribution is 6.00. The average molecular weight is 529 g/mol. The van der Waals surface area contributed by atoms with Crippen molar-refractivity contribution >= 4 is 11.6 Å². The van der Waals surface area contributed by atoms with Crippen molar-refractivity contribution in [3.8, 4) is 11.5 Å². The molecule has 1 amide bonds. The van der Waals surface area contributed by atoms with Gasteiger partial charge >= 0.3 is 6.43 Å². The van der Waals surface area contributed by atoms with Crippen molar-refractivity contribution in [1.29, 1.82) is 0 Å². The number of nitrogens with zero attached hydrogens (tertiary/aromatic N) is 6. The maximum absolute atomic E-state index is 15.9. The minimum absolute atomic E-state index is 0.0519. The number of carbonyl (C=O) groups is 1. The molecule has 202 valence electrons. The van der Waals surface area contributed by atoms with E-state index in [1.807, 2.05) is 6.07 Å². The molecule has 5 rings (SSSR count). The lowest BCUT2D eigenvalue weighted by atomic mass is 9.89. The number of rotatable bonds is 9. The Morgan fingerprint density at radius 3 is 2.47 bits per heavy atom. The first-order valence-corrected chi connectivity index (χ1v) is 13.0. The van der Waals surface area contributed by atoms with Gasteiger partial charge in [0.1, 0.15) is 0 Å². The van der Waals surface area contributed by atoms with Gasteiger partial charge in [-0.25, -0.2) is 4.39 Å². The summed E-state index contributed by atoms with van der Waals surface area (Å²) < 4.78 is 46.4. The number of pyridine rings is 1. The van der Waals surface area contributed by atoms with Gasteiger partial charge in [0.2, 0.25) is 11.6 Å². The van der Waals surface area contributed by atoms with Gasteiger partial charge in [0.05, 0.1) is 17.8 Å². The second-order valence-corrected chi connectivity index (χ2v) is 9.95. The molecular formula is C27H31F3N6O2. The Labute approximate surface area is 219 Å². The number of carbonyl (C=O) groups excluding carboxylic acids is 1. The molecule has 0 spiro atoms. The lowest BCUT2D eigenvalue weighted by Crippen LogP contribution is -2.69. The monoisotopic (exact) mass is 528 g/mol. The van der Waals surface area contributed by atoms with Crippen molar-refractivity contribution < 1.29 is 22.4 Å². The van der Waals surface area contributed by atoms with Crippen LogP contribution in [0.15, 0.2) is 53.1 Å². The van der Waals surface area contributed by atoms with Crippen molar-refractivity contribution in [2.24, 2.45) is 0 Å². The Morgan fingerprint density at radius 2 is 1.87 bits per heavy atom. The van der Waals surface area contributed by atoms with E-state index in [9.17, 15) is 13.6 Å². The lowest BCUT2D eigenvalue weighted by molar-refractivity contribution is -0.146. The first kappa shape index (κ1) is 26.3. The highest BCUT2D eigenvalue weighted by Gasteiger charge is 2.54. The molecule has 1 aromatic carbocycles. The molecule has 0 unspecified atom stereocenters. The predicted molar refractivity (Wildman–Crippen MR) is 135 cm³/mol. The molecule has 4 heterocycles. The van der Waals surface area contributed by atoms with Crippen molar-refractivity contribution in [3.05, 3.63) is 60.2 Å². The van der Waals surface area contributed by atoms with Gasteiger partial charge in [-0.2, -0.15) is 8.78 Å². The number of piperidine rings is 1. The van der Waals surface area contributed by atoms with Gasteiger partial charge in [0, 0.05) is 31.0 Å². The van der Waals surface area contributed by atoms with Gasteiger partial charge in [0.15, 0.2) is 0 Å². The molecule has 0 atom stereocenters. The van der Waals surface area contributed by atoms with Crippen molar-refractivity contribution in [3.63, 3.8) is 0 Å². The lowest BCUT2D eigenvalue weighted by Gasteiger charge is -2.50. The summed E-state index contributed by atoms with van der Waals surface area (Å²) in [6.45, 7) is 5.50. The molecule has 0 radical (unpaired) electrons. The largest absolute Gasteiger partial charge is 0.415 e. The maximum atomic E-state index is 15.9. The van der Waals surface area contributed by atoms with Crippen LogP contribution in [0.1, 0.15) is 44.2 Å². The van der Waals surface area contributed by atoms with Crippen LogP contribution in [0.3, 0.4) is 0 Å². The summed E-state index contributed by atoms with van der Waals surface area (Å²) in [5.41, 5.74) is -0.522. The smallest absolute Gasteiger partial charge is 0.314 e. The highest BCUT2D eigenvalue weighted by Crippen LogP contribution is 2.34. The van der Waals surface area contributed by atoms with E-state index in [2.05, 4.69) is 31.9 Å². The zero-order valence-electron chi connectivity index (χ0n) is 21.3. The third-order valence-electron chi connectivity index (χ3n) is 7.24. The molecule has 3 aromatic rings. The van der Waals surface area contributed by atoms with E-state index in [1.54, 1.807) is 36.4 Å². The van der Waals surface area contributed by atoms with Crippen LogP contribution >= 0.6 is 0 Å². The molecule has 0 N–H and O–H groups in total. The summed E-state index contributed by atoms with van der Waals surface area (Å²) in [4.78, 5) is 23.9. The fourth-order valence-electron chi connectivity index (χ4n) is 5.19. The van der Waals surface area contributed by atoms with E-state index in [1.165, 1.54) is 11.1 Å². The van der Waals surface area contributed by atoms with E-state index < -0.39 is 23.9 Å². The van der Waals surface area contributed by atoms with E-state index in [0.29, 0.717) is 23.0 Å². The summed E-state index contributed by atoms with van der Waals surface area (Å²) in [7, 11) is 0. The number of hydrogen-bond acceptors (Lipinski definition) is 7. The topological polar surface area (TPSA) is 78.6 Å². The molecule has 11 heteroatoms. The Morgan fingerprint density at radius 1 is 1.13 bits per heavy atom. The number of benzene rings is 1. The first-order chi connectivity index (χ1) is 18.4. The molecule has 2 aromatic heterocycles. The number of likely N-dealkylation sites (tertiary alicyclic amines) is 2. The van der Waals surface area contributed by atoms with Crippen molar-refractivity contribution in [2.75, 3.05) is 37.6 Å². The van der Waals surface area contributed by atoms with Gasteiger partial charge in [-0.3, -0.25) is 14.7 Å². The van der Waals surface area contributed by atoms with Crippen LogP contribution in [0.4, 0.5) is 18.9 Å². The number of aromatic nitrogens is 3. The third kappa shape index (κ3) is 5.58. The molecule has 0 saturated carbocycles. The fourth-order valence-corrected chi connectivity index (χ4v) is 5.19. The molecule has 0 aliphatic carbocycles. The zero-order valence-corrected chi connectivity index (χ0v) is 21.3. The Bertz CT molecular complexity index is 1210. The SMILES string of the molecule is CCCN1CCC(N2CC(F)(C(=O)N(Cc3ccc(-c4nnc(C(F)F)o4)cn3)c3ccccc3)C2)CC1. The van der Waals surface area contributed by atoms with Crippen LogP contribution < -0.4 is 4.90 Å². The van der Waals surface area contributed by atoms with E-state index in [0.717, 1.165) is 38.9 Å². The van der Waals surface area contributed by atoms with Crippen LogP contribution in [-0.2, 0) is 11.3 Å². The number of para-hydroxylation sites is 1. The Balaban J connectivity index is 1.27. The fraction of sp³-hybridized carbons (Fsp3) is 0.481. The normalized spacial score (nSPS) is 18.4. The number of halogens is 3. The number of anilines is 1. The highest BCUT2D eigenvalue weighted by atomic mass is 19.3. The van der Waals surface area contributed by atoms with E-state index in [4.69, 9.17) is 4.42 Å². The molecule has 38 heavy (non-hydrogen) atoms. The maximum Gasteiger partial charge on any atom is 0.314 e. The van der Waals surface area contributed by atoms with E-state index >= 15 is 4.39 Å². The van der Waals surface area contributed by atoms with Crippen LogP contribution in [0, 0.1) is 0 Å². The second-order valence-electron chi connectivity index (χ2n) is 9.95. The third-order valence-corrected chi connectivity index (χ3v) is 7.24. The first-order valence-electron chi connectivity index (χ1n) is 13.0. The van der Waals surface area contributed by atoms with Gasteiger partial charge in [-0.15, -0.1) is 10.2 Å². The standard InChI is InChI=1S/C27H31F3N6O2/c1-2-12-34-13-10-21(11-14-34)35-17-27(30,18-35)26(37)36(22-6-4-3-5-7-22)16-20-9-8-19(15-31-20)24-32-33-25(38-24)23(28)29/h3-9,15,21,23H,2,10-14,16-18H2,1H3. The van der Waals surface area contributed by atoms with Gasteiger partial charge in [-0.1, -0.05) is 25.1 Å². The molecule has 2 aliphatic heterocycles.